The molecule has 0 aliphatic rings. The van der Waals surface area contributed by atoms with Crippen LogP contribution in [0.2, 0.25) is 0 Å². The lowest BCUT2D eigenvalue weighted by atomic mass is 10.2. The van der Waals surface area contributed by atoms with Crippen LogP contribution < -0.4 is 5.32 Å². The Kier molecular flexibility index (Phi) is 5.70. The maximum atomic E-state index is 11.8. The molecule has 0 bridgehead atoms. The molecule has 8 heteroatoms. The highest BCUT2D eigenvalue weighted by atomic mass is 32.2. The summed E-state index contributed by atoms with van der Waals surface area (Å²) in [6.07, 6.45) is 2.65. The van der Waals surface area contributed by atoms with Gasteiger partial charge in [-0.25, -0.2) is 13.2 Å². The van der Waals surface area contributed by atoms with Gasteiger partial charge >= 0.3 is 5.97 Å². The van der Waals surface area contributed by atoms with Crippen LogP contribution in [0.4, 0.5) is 0 Å². The normalized spacial score (nSPS) is 13.2. The highest BCUT2D eigenvalue weighted by Crippen LogP contribution is 2.09. The minimum absolute atomic E-state index is 0.0413. The van der Waals surface area contributed by atoms with Crippen LogP contribution in [0.25, 0.3) is 0 Å². The van der Waals surface area contributed by atoms with E-state index >= 15 is 0 Å². The first-order chi connectivity index (χ1) is 9.24. The fraction of sp³-hybridized carbons (Fsp3) is 0.667. The van der Waals surface area contributed by atoms with Gasteiger partial charge in [-0.15, -0.1) is 0 Å². The van der Waals surface area contributed by atoms with Crippen molar-refractivity contribution in [3.63, 3.8) is 0 Å². The van der Waals surface area contributed by atoms with Gasteiger partial charge in [0.05, 0.1) is 24.3 Å². The zero-order valence-corrected chi connectivity index (χ0v) is 13.0. The van der Waals surface area contributed by atoms with Crippen molar-refractivity contribution in [1.29, 1.82) is 0 Å². The van der Waals surface area contributed by atoms with Gasteiger partial charge in [0.2, 0.25) is 0 Å². The number of carbonyl (C=O) groups is 1. The Balaban J connectivity index is 2.73. The summed E-state index contributed by atoms with van der Waals surface area (Å²) in [6.45, 7) is 4.16. The van der Waals surface area contributed by atoms with Crippen LogP contribution in [0.1, 0.15) is 29.9 Å². The van der Waals surface area contributed by atoms with Gasteiger partial charge in [0, 0.05) is 25.9 Å². The molecule has 1 aromatic rings. The van der Waals surface area contributed by atoms with Crippen LogP contribution in [0.5, 0.6) is 0 Å². The first-order valence-electron chi connectivity index (χ1n) is 6.33. The van der Waals surface area contributed by atoms with E-state index in [1.807, 2.05) is 0 Å². The lowest BCUT2D eigenvalue weighted by Gasteiger charge is -2.13. The number of esters is 1. The molecule has 1 atom stereocenters. The number of ether oxygens (including phenoxy) is 1. The predicted octanol–water partition coefficient (Wildman–Crippen LogP) is 0.120. The topological polar surface area (TPSA) is 90.3 Å². The molecule has 0 amide bonds. The van der Waals surface area contributed by atoms with Gasteiger partial charge in [0.15, 0.2) is 0 Å². The van der Waals surface area contributed by atoms with E-state index in [0.29, 0.717) is 24.4 Å². The summed E-state index contributed by atoms with van der Waals surface area (Å²) in [5, 5.41) is 7.10. The Morgan fingerprint density at radius 2 is 2.20 bits per heavy atom. The molecule has 7 nitrogen and oxygen atoms in total. The lowest BCUT2D eigenvalue weighted by Crippen LogP contribution is -2.33. The third-order valence-corrected chi connectivity index (χ3v) is 3.83. The third kappa shape index (κ3) is 4.93. The average Bonchev–Trinajstić information content (AvgIpc) is 2.66. The minimum atomic E-state index is -3.04. The standard InChI is InChI=1S/C12H21N3O4S/c1-5-19-12(16)10-6-14-15(3)11(10)7-13-9(2)8-20(4,17)18/h6,9,13H,5,7-8H2,1-4H3. The second-order valence-corrected chi connectivity index (χ2v) is 6.91. The van der Waals surface area contributed by atoms with Crippen LogP contribution in [0.15, 0.2) is 6.20 Å². The second-order valence-electron chi connectivity index (χ2n) is 4.72. The molecule has 0 aliphatic heterocycles. The van der Waals surface area contributed by atoms with Gasteiger partial charge in [-0.1, -0.05) is 0 Å². The number of rotatable bonds is 7. The molecule has 1 unspecified atom stereocenters. The van der Waals surface area contributed by atoms with E-state index in [4.69, 9.17) is 4.74 Å². The quantitative estimate of drug-likeness (QED) is 0.720. The Hall–Kier alpha value is -1.41. The van der Waals surface area contributed by atoms with Gasteiger partial charge in [0.1, 0.15) is 15.4 Å². The number of hydrogen-bond acceptors (Lipinski definition) is 6. The molecule has 1 aromatic heterocycles. The fourth-order valence-electron chi connectivity index (χ4n) is 1.84. The summed E-state index contributed by atoms with van der Waals surface area (Å²) >= 11 is 0. The Morgan fingerprint density at radius 3 is 2.75 bits per heavy atom. The van der Waals surface area contributed by atoms with Crippen molar-refractivity contribution in [3.8, 4) is 0 Å². The summed E-state index contributed by atoms with van der Waals surface area (Å²) in [5.74, 6) is -0.382. The van der Waals surface area contributed by atoms with Crippen molar-refractivity contribution < 1.29 is 17.9 Å². The first kappa shape index (κ1) is 16.6. The molecular weight excluding hydrogens is 282 g/mol. The van der Waals surface area contributed by atoms with Crippen molar-refractivity contribution in [2.24, 2.45) is 7.05 Å². The van der Waals surface area contributed by atoms with Crippen molar-refractivity contribution >= 4 is 15.8 Å². The highest BCUT2D eigenvalue weighted by Gasteiger charge is 2.18. The van der Waals surface area contributed by atoms with Crippen LogP contribution in [-0.4, -0.2) is 48.8 Å². The smallest absolute Gasteiger partial charge is 0.341 e. The van der Waals surface area contributed by atoms with Gasteiger partial charge in [-0.2, -0.15) is 5.10 Å². The molecular formula is C12H21N3O4S. The molecule has 0 saturated carbocycles. The fourth-order valence-corrected chi connectivity index (χ4v) is 2.86. The molecule has 114 valence electrons. The largest absolute Gasteiger partial charge is 0.462 e. The van der Waals surface area contributed by atoms with Gasteiger partial charge in [-0.05, 0) is 13.8 Å². The number of nitrogens with one attached hydrogen (secondary N) is 1. The maximum Gasteiger partial charge on any atom is 0.341 e. The number of sulfone groups is 1. The van der Waals surface area contributed by atoms with E-state index in [0.717, 1.165) is 0 Å². The Labute approximate surface area is 119 Å². The number of carbonyl (C=O) groups excluding carboxylic acids is 1. The van der Waals surface area contributed by atoms with Gasteiger partial charge in [0.25, 0.3) is 0 Å². The SMILES string of the molecule is CCOC(=O)c1cnn(C)c1CNC(C)CS(C)(=O)=O. The summed E-state index contributed by atoms with van der Waals surface area (Å²) < 4.78 is 28.9. The molecule has 0 saturated heterocycles. The number of aromatic nitrogens is 2. The third-order valence-electron chi connectivity index (χ3n) is 2.73. The van der Waals surface area contributed by atoms with E-state index in [1.165, 1.54) is 12.5 Å². The summed E-state index contributed by atoms with van der Waals surface area (Å²) in [5.41, 5.74) is 1.07. The molecule has 0 spiro atoms. The molecule has 0 aromatic carbocycles. The van der Waals surface area contributed by atoms with E-state index in [2.05, 4.69) is 10.4 Å². The number of nitrogens with zero attached hydrogens (tertiary/aromatic N) is 2. The second kappa shape index (κ2) is 6.85. The minimum Gasteiger partial charge on any atom is -0.462 e. The Bertz CT molecular complexity index is 565. The van der Waals surface area contributed by atoms with Crippen LogP contribution >= 0.6 is 0 Å². The first-order valence-corrected chi connectivity index (χ1v) is 8.39. The van der Waals surface area contributed by atoms with Crippen LogP contribution in [-0.2, 0) is 28.2 Å². The highest BCUT2D eigenvalue weighted by molar-refractivity contribution is 7.90. The monoisotopic (exact) mass is 303 g/mol. The zero-order valence-electron chi connectivity index (χ0n) is 12.2. The van der Waals surface area contributed by atoms with Gasteiger partial charge < -0.3 is 10.1 Å². The molecule has 0 radical (unpaired) electrons. The zero-order chi connectivity index (χ0) is 15.3. The van der Waals surface area contributed by atoms with Crippen LogP contribution in [0.3, 0.4) is 0 Å². The number of hydrogen-bond donors (Lipinski definition) is 1. The summed E-state index contributed by atoms with van der Waals surface area (Å²) in [7, 11) is -1.31. The number of aryl methyl sites for hydroxylation is 1. The molecule has 1 rings (SSSR count). The van der Waals surface area contributed by atoms with E-state index in [1.54, 1.807) is 25.6 Å². The van der Waals surface area contributed by atoms with E-state index in [9.17, 15) is 13.2 Å². The van der Waals surface area contributed by atoms with E-state index < -0.39 is 15.8 Å². The van der Waals surface area contributed by atoms with Crippen molar-refractivity contribution in [2.75, 3.05) is 18.6 Å². The summed E-state index contributed by atoms with van der Waals surface area (Å²) in [6, 6.07) is -0.213. The predicted molar refractivity (Wildman–Crippen MR) is 75.2 cm³/mol. The molecule has 0 fully saturated rings. The average molecular weight is 303 g/mol. The molecule has 20 heavy (non-hydrogen) atoms. The summed E-state index contributed by atoms with van der Waals surface area (Å²) in [4.78, 5) is 11.8. The molecule has 0 aliphatic carbocycles. The van der Waals surface area contributed by atoms with Crippen molar-refractivity contribution in [3.05, 3.63) is 17.5 Å². The molecule has 1 N–H and O–H groups in total. The van der Waals surface area contributed by atoms with Crippen LogP contribution in [0, 0.1) is 0 Å². The van der Waals surface area contributed by atoms with Gasteiger partial charge in [-0.3, -0.25) is 4.68 Å². The Morgan fingerprint density at radius 1 is 1.55 bits per heavy atom. The van der Waals surface area contributed by atoms with Crippen molar-refractivity contribution in [2.45, 2.75) is 26.4 Å². The van der Waals surface area contributed by atoms with Crippen molar-refractivity contribution in [1.82, 2.24) is 15.1 Å². The maximum absolute atomic E-state index is 11.8. The molecule has 1 heterocycles. The lowest BCUT2D eigenvalue weighted by molar-refractivity contribution is 0.0524. The van der Waals surface area contributed by atoms with E-state index in [-0.39, 0.29) is 11.8 Å².